The van der Waals surface area contributed by atoms with E-state index < -0.39 is 5.41 Å². The predicted octanol–water partition coefficient (Wildman–Crippen LogP) is -0.295. The monoisotopic (exact) mass is 229 g/mol. The number of nitrogens with zero attached hydrogens (tertiary/aromatic N) is 1. The number of carbonyl (C=O) groups is 1. The van der Waals surface area contributed by atoms with Crippen molar-refractivity contribution in [3.63, 3.8) is 0 Å². The van der Waals surface area contributed by atoms with E-state index >= 15 is 0 Å². The number of hydrazine groups is 1. The van der Waals surface area contributed by atoms with Gasteiger partial charge in [0.05, 0.1) is 11.5 Å². The van der Waals surface area contributed by atoms with Crippen LogP contribution in [0.4, 0.5) is 0 Å². The number of hydrogen-bond donors (Lipinski definition) is 3. The molecule has 2 unspecified atom stereocenters. The van der Waals surface area contributed by atoms with Gasteiger partial charge in [-0.05, 0) is 32.7 Å². The summed E-state index contributed by atoms with van der Waals surface area (Å²) >= 11 is 0. The van der Waals surface area contributed by atoms with E-state index in [1.165, 1.54) is 0 Å². The number of nitrogens with two attached hydrogens (primary N) is 1. The van der Waals surface area contributed by atoms with Gasteiger partial charge in [0.15, 0.2) is 0 Å². The van der Waals surface area contributed by atoms with E-state index in [0.29, 0.717) is 19.0 Å². The molecular weight excluding hydrogens is 206 g/mol. The second-order valence-electron chi connectivity index (χ2n) is 5.43. The second kappa shape index (κ2) is 5.12. The summed E-state index contributed by atoms with van der Waals surface area (Å²) < 4.78 is 0. The van der Waals surface area contributed by atoms with Gasteiger partial charge >= 0.3 is 0 Å². The number of aliphatic hydroxyl groups is 1. The fourth-order valence-electron chi connectivity index (χ4n) is 2.08. The van der Waals surface area contributed by atoms with E-state index in [1.807, 2.05) is 13.8 Å². The number of β-amino-alcohol motifs (C(OH)–C–C–N with tert-alkyl or cyclic N) is 1. The molecule has 1 aliphatic heterocycles. The van der Waals surface area contributed by atoms with Gasteiger partial charge in [-0.1, -0.05) is 6.92 Å². The molecule has 94 valence electrons. The van der Waals surface area contributed by atoms with Crippen LogP contribution in [0, 0.1) is 11.3 Å². The van der Waals surface area contributed by atoms with Crippen LogP contribution in [0.25, 0.3) is 0 Å². The van der Waals surface area contributed by atoms with Crippen LogP contribution in [-0.4, -0.2) is 41.7 Å². The van der Waals surface area contributed by atoms with Crippen molar-refractivity contribution >= 4 is 5.91 Å². The van der Waals surface area contributed by atoms with Crippen molar-refractivity contribution in [2.45, 2.75) is 33.3 Å². The average molecular weight is 229 g/mol. The first-order valence-corrected chi connectivity index (χ1v) is 5.78. The molecule has 1 amide bonds. The fraction of sp³-hybridized carbons (Fsp3) is 0.909. The number of piperidine rings is 1. The summed E-state index contributed by atoms with van der Waals surface area (Å²) in [7, 11) is 0. The molecule has 0 bridgehead atoms. The predicted molar refractivity (Wildman–Crippen MR) is 62.3 cm³/mol. The van der Waals surface area contributed by atoms with Gasteiger partial charge in [0.1, 0.15) is 0 Å². The van der Waals surface area contributed by atoms with Crippen molar-refractivity contribution in [2.24, 2.45) is 17.2 Å². The molecule has 0 aromatic rings. The third-order valence-electron chi connectivity index (χ3n) is 3.37. The lowest BCUT2D eigenvalue weighted by atomic mass is 9.89. The minimum atomic E-state index is -0.519. The summed E-state index contributed by atoms with van der Waals surface area (Å²) in [5.41, 5.74) is 1.67. The Bertz CT molecular complexity index is 256. The highest BCUT2D eigenvalue weighted by Crippen LogP contribution is 2.22. The molecule has 2 atom stereocenters. The first kappa shape index (κ1) is 13.4. The topological polar surface area (TPSA) is 78.6 Å². The normalized spacial score (nSPS) is 27.8. The molecule has 5 heteroatoms. The Hall–Kier alpha value is -0.650. The van der Waals surface area contributed by atoms with Crippen molar-refractivity contribution in [3.8, 4) is 0 Å². The van der Waals surface area contributed by atoms with Gasteiger partial charge in [-0.2, -0.15) is 0 Å². The zero-order chi connectivity index (χ0) is 12.3. The molecule has 1 heterocycles. The molecular formula is C11H23N3O2. The van der Waals surface area contributed by atoms with Crippen LogP contribution < -0.4 is 11.3 Å². The largest absolute Gasteiger partial charge is 0.392 e. The molecule has 1 fully saturated rings. The Morgan fingerprint density at radius 1 is 1.62 bits per heavy atom. The highest BCUT2D eigenvalue weighted by atomic mass is 16.3. The zero-order valence-corrected chi connectivity index (χ0v) is 10.4. The molecule has 0 saturated carbocycles. The standard InChI is InChI=1S/C11H23N3O2/c1-8-4-5-14(6-9(8)15)7-11(2,3)10(16)13-12/h8-9,15H,4-7,12H2,1-3H3,(H,13,16). The number of hydrogen-bond acceptors (Lipinski definition) is 4. The highest BCUT2D eigenvalue weighted by molar-refractivity contribution is 5.81. The molecule has 5 nitrogen and oxygen atoms in total. The number of carbonyl (C=O) groups excluding carboxylic acids is 1. The van der Waals surface area contributed by atoms with Crippen molar-refractivity contribution < 1.29 is 9.90 Å². The van der Waals surface area contributed by atoms with Crippen molar-refractivity contribution in [1.29, 1.82) is 0 Å². The van der Waals surface area contributed by atoms with Crippen LogP contribution in [0.15, 0.2) is 0 Å². The molecule has 0 aromatic carbocycles. The van der Waals surface area contributed by atoms with Gasteiger partial charge < -0.3 is 5.11 Å². The summed E-state index contributed by atoms with van der Waals surface area (Å²) in [4.78, 5) is 13.7. The smallest absolute Gasteiger partial charge is 0.240 e. The first-order valence-electron chi connectivity index (χ1n) is 5.78. The molecule has 4 N–H and O–H groups in total. The molecule has 1 rings (SSSR count). The lowest BCUT2D eigenvalue weighted by Gasteiger charge is -2.38. The molecule has 1 aliphatic rings. The quantitative estimate of drug-likeness (QED) is 0.353. The first-order chi connectivity index (χ1) is 7.36. The Labute approximate surface area is 97.0 Å². The minimum Gasteiger partial charge on any atom is -0.392 e. The molecule has 1 saturated heterocycles. The summed E-state index contributed by atoms with van der Waals surface area (Å²) in [6.45, 7) is 7.97. The third-order valence-corrected chi connectivity index (χ3v) is 3.37. The average Bonchev–Trinajstić information content (AvgIpc) is 2.22. The summed E-state index contributed by atoms with van der Waals surface area (Å²) in [6, 6.07) is 0. The highest BCUT2D eigenvalue weighted by Gasteiger charge is 2.32. The number of amides is 1. The van der Waals surface area contributed by atoms with Crippen molar-refractivity contribution in [3.05, 3.63) is 0 Å². The van der Waals surface area contributed by atoms with E-state index in [4.69, 9.17) is 5.84 Å². The lowest BCUT2D eigenvalue weighted by Crippen LogP contribution is -2.51. The maximum atomic E-state index is 11.5. The third kappa shape index (κ3) is 3.17. The van der Waals surface area contributed by atoms with E-state index in [0.717, 1.165) is 13.0 Å². The zero-order valence-electron chi connectivity index (χ0n) is 10.4. The van der Waals surface area contributed by atoms with Gasteiger partial charge in [0.25, 0.3) is 0 Å². The van der Waals surface area contributed by atoms with E-state index in [-0.39, 0.29) is 12.0 Å². The number of nitrogens with one attached hydrogen (secondary N) is 1. The second-order valence-corrected chi connectivity index (χ2v) is 5.43. The van der Waals surface area contributed by atoms with Crippen LogP contribution in [-0.2, 0) is 4.79 Å². The summed E-state index contributed by atoms with van der Waals surface area (Å²) in [5.74, 6) is 5.33. The number of likely N-dealkylation sites (tertiary alicyclic amines) is 1. The Morgan fingerprint density at radius 3 is 2.75 bits per heavy atom. The van der Waals surface area contributed by atoms with Gasteiger partial charge in [-0.25, -0.2) is 5.84 Å². The number of aliphatic hydroxyl groups excluding tert-OH is 1. The van der Waals surface area contributed by atoms with E-state index in [2.05, 4.69) is 17.2 Å². The van der Waals surface area contributed by atoms with Crippen molar-refractivity contribution in [2.75, 3.05) is 19.6 Å². The van der Waals surface area contributed by atoms with E-state index in [9.17, 15) is 9.90 Å². The number of rotatable bonds is 3. The van der Waals surface area contributed by atoms with Gasteiger partial charge in [0, 0.05) is 13.1 Å². The summed E-state index contributed by atoms with van der Waals surface area (Å²) in [5, 5.41) is 9.77. The Kier molecular flexibility index (Phi) is 4.29. The van der Waals surface area contributed by atoms with Crippen LogP contribution >= 0.6 is 0 Å². The fourth-order valence-corrected chi connectivity index (χ4v) is 2.08. The lowest BCUT2D eigenvalue weighted by molar-refractivity contribution is -0.131. The van der Waals surface area contributed by atoms with Crippen LogP contribution in [0.2, 0.25) is 0 Å². The molecule has 0 aromatic heterocycles. The van der Waals surface area contributed by atoms with Gasteiger partial charge in [0.2, 0.25) is 5.91 Å². The van der Waals surface area contributed by atoms with Crippen LogP contribution in [0.3, 0.4) is 0 Å². The SMILES string of the molecule is CC1CCN(CC(C)(C)C(=O)NN)CC1O. The van der Waals surface area contributed by atoms with Gasteiger partial charge in [-0.3, -0.25) is 15.1 Å². The van der Waals surface area contributed by atoms with E-state index in [1.54, 1.807) is 0 Å². The maximum absolute atomic E-state index is 11.5. The van der Waals surface area contributed by atoms with Crippen LogP contribution in [0.1, 0.15) is 27.2 Å². The Balaban J connectivity index is 2.51. The molecule has 0 radical (unpaired) electrons. The maximum Gasteiger partial charge on any atom is 0.240 e. The Morgan fingerprint density at radius 2 is 2.25 bits per heavy atom. The molecule has 0 spiro atoms. The summed E-state index contributed by atoms with van der Waals surface area (Å²) in [6.07, 6.45) is 0.687. The molecule has 16 heavy (non-hydrogen) atoms. The van der Waals surface area contributed by atoms with Crippen LogP contribution in [0.5, 0.6) is 0 Å². The molecule has 0 aliphatic carbocycles. The van der Waals surface area contributed by atoms with Gasteiger partial charge in [-0.15, -0.1) is 0 Å². The minimum absolute atomic E-state index is 0.166. The van der Waals surface area contributed by atoms with Crippen molar-refractivity contribution in [1.82, 2.24) is 10.3 Å².